The van der Waals surface area contributed by atoms with E-state index in [0.29, 0.717) is 0 Å². The monoisotopic (exact) mass is 250 g/mol. The van der Waals surface area contributed by atoms with Gasteiger partial charge in [0, 0.05) is 0 Å². The fourth-order valence-corrected chi connectivity index (χ4v) is 0.524. The molecule has 0 bridgehead atoms. The van der Waals surface area contributed by atoms with Crippen LogP contribution in [0.2, 0.25) is 0 Å². The van der Waals surface area contributed by atoms with Crippen molar-refractivity contribution < 1.29 is 36.6 Å². The zero-order valence-electron chi connectivity index (χ0n) is 7.52. The molecule has 0 heterocycles. The summed E-state index contributed by atoms with van der Waals surface area (Å²) >= 11 is 0. The standard InChI is InChI=1S/C6H7F5N2O3/c7-5(8,6(9,10)11)1-13-4(16)2(14)3(12)15/h2,14H,1H2,(H2,12,15)(H,13,16). The van der Waals surface area contributed by atoms with Crippen LogP contribution in [-0.2, 0) is 9.59 Å². The van der Waals surface area contributed by atoms with Crippen molar-refractivity contribution in [1.29, 1.82) is 0 Å². The summed E-state index contributed by atoms with van der Waals surface area (Å²) in [6, 6.07) is 0. The van der Waals surface area contributed by atoms with E-state index < -0.39 is 36.6 Å². The van der Waals surface area contributed by atoms with Crippen molar-refractivity contribution >= 4 is 11.8 Å². The number of rotatable bonds is 4. The number of carbonyl (C=O) groups is 2. The lowest BCUT2D eigenvalue weighted by molar-refractivity contribution is -0.278. The Morgan fingerprint density at radius 1 is 1.25 bits per heavy atom. The summed E-state index contributed by atoms with van der Waals surface area (Å²) in [5.74, 6) is -8.44. The molecule has 0 spiro atoms. The minimum absolute atomic E-state index is 1.05. The van der Waals surface area contributed by atoms with Crippen molar-refractivity contribution in [1.82, 2.24) is 5.32 Å². The lowest BCUT2D eigenvalue weighted by Crippen LogP contribution is -2.51. The Bertz CT molecular complexity index is 290. The molecule has 0 aromatic carbocycles. The van der Waals surface area contributed by atoms with Crippen LogP contribution in [0.3, 0.4) is 0 Å². The van der Waals surface area contributed by atoms with Crippen LogP contribution in [0.5, 0.6) is 0 Å². The summed E-state index contributed by atoms with van der Waals surface area (Å²) in [4.78, 5) is 20.8. The Labute approximate surface area is 85.4 Å². The number of alkyl halides is 5. The van der Waals surface area contributed by atoms with E-state index in [1.165, 1.54) is 0 Å². The van der Waals surface area contributed by atoms with Gasteiger partial charge in [0.25, 0.3) is 11.8 Å². The third-order valence-corrected chi connectivity index (χ3v) is 1.42. The van der Waals surface area contributed by atoms with Gasteiger partial charge in [-0.25, -0.2) is 0 Å². The quantitative estimate of drug-likeness (QED) is 0.448. The molecule has 0 aliphatic carbocycles. The van der Waals surface area contributed by atoms with Crippen LogP contribution in [0.15, 0.2) is 0 Å². The van der Waals surface area contributed by atoms with Crippen molar-refractivity contribution in [3.63, 3.8) is 0 Å². The Hall–Kier alpha value is -1.45. The SMILES string of the molecule is NC(=O)C(O)C(=O)NCC(F)(F)C(F)(F)F. The second kappa shape index (κ2) is 4.60. The van der Waals surface area contributed by atoms with Crippen molar-refractivity contribution in [2.24, 2.45) is 5.73 Å². The Balaban J connectivity index is 4.37. The molecule has 4 N–H and O–H groups in total. The summed E-state index contributed by atoms with van der Waals surface area (Å²) < 4.78 is 59.2. The molecule has 0 saturated carbocycles. The first kappa shape index (κ1) is 14.5. The first-order valence-corrected chi connectivity index (χ1v) is 3.68. The third-order valence-electron chi connectivity index (χ3n) is 1.42. The van der Waals surface area contributed by atoms with Crippen LogP contribution in [0.1, 0.15) is 0 Å². The highest BCUT2D eigenvalue weighted by Crippen LogP contribution is 2.34. The first-order chi connectivity index (χ1) is 6.99. The minimum Gasteiger partial charge on any atom is -0.375 e. The zero-order chi connectivity index (χ0) is 13.1. The molecular formula is C6H7F5N2O3. The molecule has 0 aliphatic rings. The number of carbonyl (C=O) groups excluding carboxylic acids is 2. The molecule has 94 valence electrons. The third kappa shape index (κ3) is 3.61. The van der Waals surface area contributed by atoms with E-state index in [1.807, 2.05) is 0 Å². The van der Waals surface area contributed by atoms with Crippen LogP contribution in [0.4, 0.5) is 22.0 Å². The molecule has 2 amide bonds. The van der Waals surface area contributed by atoms with E-state index in [9.17, 15) is 31.5 Å². The highest BCUT2D eigenvalue weighted by molar-refractivity contribution is 6.02. The first-order valence-electron chi connectivity index (χ1n) is 3.68. The van der Waals surface area contributed by atoms with Gasteiger partial charge in [0.2, 0.25) is 6.10 Å². The number of primary amides is 1. The predicted octanol–water partition coefficient (Wildman–Crippen LogP) is -0.854. The smallest absolute Gasteiger partial charge is 0.375 e. The fraction of sp³-hybridized carbons (Fsp3) is 0.667. The number of nitrogens with two attached hydrogens (primary N) is 1. The number of aliphatic hydroxyl groups is 1. The van der Waals surface area contributed by atoms with Crippen molar-refractivity contribution in [2.45, 2.75) is 18.2 Å². The van der Waals surface area contributed by atoms with Crippen LogP contribution in [0.25, 0.3) is 0 Å². The van der Waals surface area contributed by atoms with Gasteiger partial charge in [-0.3, -0.25) is 9.59 Å². The summed E-state index contributed by atoms with van der Waals surface area (Å²) in [5, 5.41) is 9.63. The lowest BCUT2D eigenvalue weighted by Gasteiger charge is -2.20. The van der Waals surface area contributed by atoms with Gasteiger partial charge in [0.1, 0.15) is 0 Å². The van der Waals surface area contributed by atoms with E-state index in [0.717, 1.165) is 5.32 Å². The van der Waals surface area contributed by atoms with E-state index in [4.69, 9.17) is 5.11 Å². The van der Waals surface area contributed by atoms with Crippen LogP contribution < -0.4 is 11.1 Å². The lowest BCUT2D eigenvalue weighted by atomic mass is 10.3. The molecule has 1 atom stereocenters. The molecule has 0 radical (unpaired) electrons. The molecule has 0 aromatic rings. The molecule has 0 saturated heterocycles. The Morgan fingerprint density at radius 2 is 1.69 bits per heavy atom. The zero-order valence-corrected chi connectivity index (χ0v) is 7.52. The average Bonchev–Trinajstić information content (AvgIpc) is 2.11. The Kier molecular flexibility index (Phi) is 4.18. The van der Waals surface area contributed by atoms with Gasteiger partial charge in [0.05, 0.1) is 6.54 Å². The average molecular weight is 250 g/mol. The van der Waals surface area contributed by atoms with E-state index in [1.54, 1.807) is 0 Å². The maximum atomic E-state index is 12.2. The fourth-order valence-electron chi connectivity index (χ4n) is 0.524. The normalized spacial score (nSPS) is 14.4. The summed E-state index contributed by atoms with van der Waals surface area (Å²) in [5.41, 5.74) is 4.40. The van der Waals surface area contributed by atoms with Crippen LogP contribution >= 0.6 is 0 Å². The maximum absolute atomic E-state index is 12.2. The number of nitrogens with one attached hydrogen (secondary N) is 1. The topological polar surface area (TPSA) is 92.4 Å². The summed E-state index contributed by atoms with van der Waals surface area (Å²) in [6.45, 7) is -2.08. The molecule has 0 rings (SSSR count). The van der Waals surface area contributed by atoms with Crippen molar-refractivity contribution in [3.8, 4) is 0 Å². The molecule has 0 fully saturated rings. The van der Waals surface area contributed by atoms with Gasteiger partial charge in [-0.15, -0.1) is 0 Å². The number of aliphatic hydroxyl groups excluding tert-OH is 1. The summed E-state index contributed by atoms with van der Waals surface area (Å²) in [7, 11) is 0. The number of halogens is 5. The van der Waals surface area contributed by atoms with E-state index >= 15 is 0 Å². The van der Waals surface area contributed by atoms with Crippen molar-refractivity contribution in [2.75, 3.05) is 6.54 Å². The van der Waals surface area contributed by atoms with Crippen LogP contribution in [0, 0.1) is 0 Å². The number of amides is 2. The van der Waals surface area contributed by atoms with E-state index in [-0.39, 0.29) is 0 Å². The number of hydrogen-bond acceptors (Lipinski definition) is 3. The van der Waals surface area contributed by atoms with Gasteiger partial charge in [0.15, 0.2) is 0 Å². The number of hydrogen-bond donors (Lipinski definition) is 3. The maximum Gasteiger partial charge on any atom is 0.455 e. The van der Waals surface area contributed by atoms with E-state index in [2.05, 4.69) is 5.73 Å². The van der Waals surface area contributed by atoms with Crippen LogP contribution in [-0.4, -0.2) is 41.7 Å². The molecule has 0 aliphatic heterocycles. The van der Waals surface area contributed by atoms with Crippen molar-refractivity contribution in [3.05, 3.63) is 0 Å². The summed E-state index contributed by atoms with van der Waals surface area (Å²) in [6.07, 6.45) is -8.30. The highest BCUT2D eigenvalue weighted by Gasteiger charge is 2.57. The Morgan fingerprint density at radius 3 is 2.00 bits per heavy atom. The molecule has 0 aromatic heterocycles. The second-order valence-corrected chi connectivity index (χ2v) is 2.72. The van der Waals surface area contributed by atoms with Gasteiger partial charge in [-0.05, 0) is 0 Å². The molecule has 16 heavy (non-hydrogen) atoms. The largest absolute Gasteiger partial charge is 0.455 e. The predicted molar refractivity (Wildman–Crippen MR) is 39.2 cm³/mol. The van der Waals surface area contributed by atoms with Gasteiger partial charge in [-0.1, -0.05) is 0 Å². The highest BCUT2D eigenvalue weighted by atomic mass is 19.4. The molecule has 1 unspecified atom stereocenters. The molecular weight excluding hydrogens is 243 g/mol. The van der Waals surface area contributed by atoms with Gasteiger partial charge < -0.3 is 16.2 Å². The molecule has 5 nitrogen and oxygen atoms in total. The second-order valence-electron chi connectivity index (χ2n) is 2.72. The van der Waals surface area contributed by atoms with Gasteiger partial charge in [-0.2, -0.15) is 22.0 Å². The molecule has 10 heteroatoms. The van der Waals surface area contributed by atoms with Gasteiger partial charge >= 0.3 is 12.1 Å². The minimum atomic E-state index is -5.84.